The van der Waals surface area contributed by atoms with E-state index in [-0.39, 0.29) is 0 Å². The van der Waals surface area contributed by atoms with Gasteiger partial charge in [-0.1, -0.05) is 18.2 Å². The maximum atomic E-state index is 5.75. The van der Waals surface area contributed by atoms with E-state index < -0.39 is 0 Å². The highest BCUT2D eigenvalue weighted by atomic mass is 15.0. The van der Waals surface area contributed by atoms with E-state index in [0.717, 1.165) is 5.69 Å². The van der Waals surface area contributed by atoms with Crippen LogP contribution in [0.25, 0.3) is 22.3 Å². The number of nitrogens with zero attached hydrogens (tertiary/aromatic N) is 2. The first kappa shape index (κ1) is 12.1. The molecule has 0 bridgehead atoms. The standard InChI is InChI=1S/C16H19N3/c1-11-5-4-6-12-9-15(19(3)16(11)12)14-8-7-13(10-17)18(14)2/h4-9H,10,17H2,1-3H3. The average molecular weight is 253 g/mol. The second-order valence-electron chi connectivity index (χ2n) is 5.07. The van der Waals surface area contributed by atoms with E-state index >= 15 is 0 Å². The fraction of sp³-hybridized carbons (Fsp3) is 0.250. The third kappa shape index (κ3) is 1.70. The number of rotatable bonds is 2. The van der Waals surface area contributed by atoms with Gasteiger partial charge in [-0.05, 0) is 30.7 Å². The highest BCUT2D eigenvalue weighted by Crippen LogP contribution is 2.29. The van der Waals surface area contributed by atoms with Gasteiger partial charge >= 0.3 is 0 Å². The predicted molar refractivity (Wildman–Crippen MR) is 80.0 cm³/mol. The largest absolute Gasteiger partial charge is 0.345 e. The van der Waals surface area contributed by atoms with Gasteiger partial charge in [-0.2, -0.15) is 0 Å². The molecule has 2 aromatic heterocycles. The van der Waals surface area contributed by atoms with Crippen molar-refractivity contribution in [2.75, 3.05) is 0 Å². The molecule has 0 saturated heterocycles. The van der Waals surface area contributed by atoms with Gasteiger partial charge in [0, 0.05) is 31.7 Å². The molecule has 0 aliphatic heterocycles. The van der Waals surface area contributed by atoms with E-state index in [1.165, 1.54) is 27.9 Å². The maximum Gasteiger partial charge on any atom is 0.0656 e. The minimum absolute atomic E-state index is 0.569. The van der Waals surface area contributed by atoms with Crippen molar-refractivity contribution in [3.8, 4) is 11.4 Å². The lowest BCUT2D eigenvalue weighted by Gasteiger charge is -2.08. The van der Waals surface area contributed by atoms with Crippen molar-refractivity contribution < 1.29 is 0 Å². The number of hydrogen-bond acceptors (Lipinski definition) is 1. The van der Waals surface area contributed by atoms with E-state index in [2.05, 4.69) is 66.6 Å². The molecule has 0 aliphatic rings. The van der Waals surface area contributed by atoms with Crippen LogP contribution in [0.1, 0.15) is 11.3 Å². The molecule has 0 fully saturated rings. The van der Waals surface area contributed by atoms with Crippen molar-refractivity contribution in [1.82, 2.24) is 9.13 Å². The maximum absolute atomic E-state index is 5.75. The lowest BCUT2D eigenvalue weighted by Crippen LogP contribution is -2.05. The van der Waals surface area contributed by atoms with Crippen LogP contribution in [0.2, 0.25) is 0 Å². The zero-order valence-corrected chi connectivity index (χ0v) is 11.6. The van der Waals surface area contributed by atoms with Gasteiger partial charge in [0.2, 0.25) is 0 Å². The number of hydrogen-bond donors (Lipinski definition) is 1. The number of nitrogens with two attached hydrogens (primary N) is 1. The number of para-hydroxylation sites is 1. The quantitative estimate of drug-likeness (QED) is 0.749. The smallest absolute Gasteiger partial charge is 0.0656 e. The van der Waals surface area contributed by atoms with Gasteiger partial charge < -0.3 is 14.9 Å². The van der Waals surface area contributed by atoms with Crippen molar-refractivity contribution in [1.29, 1.82) is 0 Å². The Bertz CT molecular complexity index is 747. The molecule has 3 rings (SSSR count). The zero-order chi connectivity index (χ0) is 13.6. The summed E-state index contributed by atoms with van der Waals surface area (Å²) in [7, 11) is 4.20. The molecule has 0 amide bonds. The van der Waals surface area contributed by atoms with Crippen LogP contribution in [0.15, 0.2) is 36.4 Å². The van der Waals surface area contributed by atoms with Crippen LogP contribution in [-0.2, 0) is 20.6 Å². The SMILES string of the molecule is Cc1cccc2cc(-c3ccc(CN)n3C)n(C)c12. The zero-order valence-electron chi connectivity index (χ0n) is 11.6. The lowest BCUT2D eigenvalue weighted by atomic mass is 10.2. The summed E-state index contributed by atoms with van der Waals surface area (Å²) in [4.78, 5) is 0. The Kier molecular flexibility index (Phi) is 2.72. The van der Waals surface area contributed by atoms with Gasteiger partial charge in [-0.3, -0.25) is 0 Å². The normalized spacial score (nSPS) is 11.4. The summed E-state index contributed by atoms with van der Waals surface area (Å²) < 4.78 is 4.43. The lowest BCUT2D eigenvalue weighted by molar-refractivity contribution is 0.820. The van der Waals surface area contributed by atoms with Crippen molar-refractivity contribution in [2.45, 2.75) is 13.5 Å². The second-order valence-corrected chi connectivity index (χ2v) is 5.07. The molecule has 1 aromatic carbocycles. The molecule has 0 unspecified atom stereocenters. The van der Waals surface area contributed by atoms with E-state index in [0.29, 0.717) is 6.54 Å². The van der Waals surface area contributed by atoms with Crippen molar-refractivity contribution >= 4 is 10.9 Å². The van der Waals surface area contributed by atoms with Gasteiger partial charge in [0.1, 0.15) is 0 Å². The number of benzene rings is 1. The van der Waals surface area contributed by atoms with Gasteiger partial charge in [-0.15, -0.1) is 0 Å². The van der Waals surface area contributed by atoms with E-state index in [1.807, 2.05) is 0 Å². The Labute approximate surface area is 113 Å². The first-order valence-corrected chi connectivity index (χ1v) is 6.53. The molecule has 0 spiro atoms. The van der Waals surface area contributed by atoms with Gasteiger partial charge in [0.25, 0.3) is 0 Å². The number of aromatic nitrogens is 2. The molecule has 19 heavy (non-hydrogen) atoms. The summed E-state index contributed by atoms with van der Waals surface area (Å²) in [6, 6.07) is 12.9. The predicted octanol–water partition coefficient (Wildman–Crippen LogP) is 2.95. The third-order valence-corrected chi connectivity index (χ3v) is 3.96. The monoisotopic (exact) mass is 253 g/mol. The molecule has 3 heteroatoms. The van der Waals surface area contributed by atoms with E-state index in [1.54, 1.807) is 0 Å². The second kappa shape index (κ2) is 4.28. The number of aryl methyl sites for hydroxylation is 2. The summed E-state index contributed by atoms with van der Waals surface area (Å²) in [5.74, 6) is 0. The van der Waals surface area contributed by atoms with Crippen molar-refractivity contribution in [3.63, 3.8) is 0 Å². The van der Waals surface area contributed by atoms with Crippen LogP contribution in [0, 0.1) is 6.92 Å². The molecule has 2 heterocycles. The van der Waals surface area contributed by atoms with Crippen LogP contribution >= 0.6 is 0 Å². The summed E-state index contributed by atoms with van der Waals surface area (Å²) in [5.41, 5.74) is 11.9. The van der Waals surface area contributed by atoms with Crippen LogP contribution in [0.5, 0.6) is 0 Å². The van der Waals surface area contributed by atoms with Crippen LogP contribution in [0.4, 0.5) is 0 Å². The highest BCUT2D eigenvalue weighted by molar-refractivity contribution is 5.88. The molecule has 0 saturated carbocycles. The fourth-order valence-electron chi connectivity index (χ4n) is 2.88. The Hall–Kier alpha value is -2.00. The summed E-state index contributed by atoms with van der Waals surface area (Å²) >= 11 is 0. The minimum Gasteiger partial charge on any atom is -0.345 e. The molecular weight excluding hydrogens is 234 g/mol. The molecule has 98 valence electrons. The van der Waals surface area contributed by atoms with Crippen LogP contribution in [-0.4, -0.2) is 9.13 Å². The topological polar surface area (TPSA) is 35.9 Å². The molecule has 3 aromatic rings. The van der Waals surface area contributed by atoms with Gasteiger partial charge in [-0.25, -0.2) is 0 Å². The third-order valence-electron chi connectivity index (χ3n) is 3.96. The molecule has 0 aliphatic carbocycles. The molecule has 0 atom stereocenters. The molecule has 3 nitrogen and oxygen atoms in total. The van der Waals surface area contributed by atoms with Crippen LogP contribution in [0.3, 0.4) is 0 Å². The Morgan fingerprint density at radius 3 is 2.42 bits per heavy atom. The number of fused-ring (bicyclic) bond motifs is 1. The Morgan fingerprint density at radius 1 is 1.00 bits per heavy atom. The summed E-state index contributed by atoms with van der Waals surface area (Å²) in [6.07, 6.45) is 0. The highest BCUT2D eigenvalue weighted by Gasteiger charge is 2.12. The first-order chi connectivity index (χ1) is 9.13. The van der Waals surface area contributed by atoms with Crippen molar-refractivity contribution in [3.05, 3.63) is 47.7 Å². The summed E-state index contributed by atoms with van der Waals surface area (Å²) in [5, 5.41) is 1.29. The van der Waals surface area contributed by atoms with E-state index in [9.17, 15) is 0 Å². The minimum atomic E-state index is 0.569. The van der Waals surface area contributed by atoms with Gasteiger partial charge in [0.05, 0.1) is 16.9 Å². The van der Waals surface area contributed by atoms with Crippen molar-refractivity contribution in [2.24, 2.45) is 19.8 Å². The molecule has 2 N–H and O–H groups in total. The Balaban J connectivity index is 2.28. The fourth-order valence-corrected chi connectivity index (χ4v) is 2.88. The summed E-state index contributed by atoms with van der Waals surface area (Å²) in [6.45, 7) is 2.72. The molecule has 0 radical (unpaired) electrons. The van der Waals surface area contributed by atoms with Gasteiger partial charge in [0.15, 0.2) is 0 Å². The molecular formula is C16H19N3. The van der Waals surface area contributed by atoms with Crippen LogP contribution < -0.4 is 5.73 Å². The Morgan fingerprint density at radius 2 is 1.79 bits per heavy atom. The first-order valence-electron chi connectivity index (χ1n) is 6.53. The van der Waals surface area contributed by atoms with E-state index in [4.69, 9.17) is 5.73 Å². The average Bonchev–Trinajstić information content (AvgIpc) is 2.91.